The van der Waals surface area contributed by atoms with E-state index in [4.69, 9.17) is 5.14 Å². The lowest BCUT2D eigenvalue weighted by Crippen LogP contribution is -2.33. The average molecular weight is 254 g/mol. The third-order valence-electron chi connectivity index (χ3n) is 3.16. The summed E-state index contributed by atoms with van der Waals surface area (Å²) >= 11 is 0. The molecular weight excluding hydrogens is 236 g/mol. The molecule has 5 heteroatoms. The van der Waals surface area contributed by atoms with Gasteiger partial charge >= 0.3 is 0 Å². The van der Waals surface area contributed by atoms with Crippen LogP contribution < -0.4 is 5.14 Å². The smallest absolute Gasteiger partial charge is 0.210 e. The Morgan fingerprint density at radius 1 is 1.18 bits per heavy atom. The molecule has 0 spiro atoms. The van der Waals surface area contributed by atoms with Crippen molar-refractivity contribution in [1.29, 1.82) is 0 Å². The molecule has 0 aromatic heterocycles. The lowest BCUT2D eigenvalue weighted by atomic mass is 10.1. The lowest BCUT2D eigenvalue weighted by molar-refractivity contribution is 0.265. The first-order valence-electron chi connectivity index (χ1n) is 5.86. The molecule has 0 saturated carbocycles. The minimum Gasteiger partial charge on any atom is -0.295 e. The van der Waals surface area contributed by atoms with Crippen molar-refractivity contribution in [2.24, 2.45) is 5.14 Å². The van der Waals surface area contributed by atoms with Gasteiger partial charge in [0, 0.05) is 0 Å². The van der Waals surface area contributed by atoms with Crippen LogP contribution in [0.4, 0.5) is 0 Å². The fourth-order valence-electron chi connectivity index (χ4n) is 2.36. The van der Waals surface area contributed by atoms with Crippen LogP contribution in [0.25, 0.3) is 0 Å². The highest BCUT2D eigenvalue weighted by molar-refractivity contribution is 7.89. The molecular formula is C12H18N2O2S. The Morgan fingerprint density at radius 2 is 1.76 bits per heavy atom. The van der Waals surface area contributed by atoms with Crippen molar-refractivity contribution in [3.05, 3.63) is 35.9 Å². The molecule has 0 aliphatic carbocycles. The van der Waals surface area contributed by atoms with Gasteiger partial charge in [-0.05, 0) is 31.5 Å². The molecule has 0 radical (unpaired) electrons. The van der Waals surface area contributed by atoms with Crippen molar-refractivity contribution >= 4 is 10.0 Å². The molecule has 4 nitrogen and oxygen atoms in total. The Kier molecular flexibility index (Phi) is 3.81. The van der Waals surface area contributed by atoms with E-state index in [9.17, 15) is 8.42 Å². The number of hydrogen-bond acceptors (Lipinski definition) is 3. The average Bonchev–Trinajstić information content (AvgIpc) is 2.79. The van der Waals surface area contributed by atoms with Gasteiger partial charge in [0.2, 0.25) is 10.0 Å². The van der Waals surface area contributed by atoms with Crippen molar-refractivity contribution in [3.8, 4) is 0 Å². The number of nitrogens with two attached hydrogens (primary N) is 1. The molecule has 1 unspecified atom stereocenters. The molecule has 17 heavy (non-hydrogen) atoms. The summed E-state index contributed by atoms with van der Waals surface area (Å²) in [6.07, 6.45) is 2.27. The van der Waals surface area contributed by atoms with Gasteiger partial charge in [-0.1, -0.05) is 30.3 Å². The topological polar surface area (TPSA) is 63.4 Å². The van der Waals surface area contributed by atoms with Crippen molar-refractivity contribution in [2.75, 3.05) is 18.8 Å². The minimum atomic E-state index is -3.45. The number of primary sulfonamides is 1. The molecule has 2 rings (SSSR count). The zero-order valence-electron chi connectivity index (χ0n) is 9.75. The van der Waals surface area contributed by atoms with Gasteiger partial charge in [0.25, 0.3) is 0 Å². The van der Waals surface area contributed by atoms with Crippen molar-refractivity contribution in [3.63, 3.8) is 0 Å². The molecule has 1 heterocycles. The standard InChI is InChI=1S/C12H18N2O2S/c13-17(15,16)10-12(14-8-4-5-9-14)11-6-2-1-3-7-11/h1-3,6-7,12H,4-5,8-10H2,(H2,13,15,16). The Morgan fingerprint density at radius 3 is 2.29 bits per heavy atom. The first-order chi connectivity index (χ1) is 8.06. The maximum Gasteiger partial charge on any atom is 0.210 e. The van der Waals surface area contributed by atoms with Gasteiger partial charge in [-0.2, -0.15) is 0 Å². The van der Waals surface area contributed by atoms with Gasteiger partial charge in [-0.25, -0.2) is 13.6 Å². The third-order valence-corrected chi connectivity index (χ3v) is 3.94. The quantitative estimate of drug-likeness (QED) is 0.875. The van der Waals surface area contributed by atoms with E-state index in [-0.39, 0.29) is 11.8 Å². The zero-order valence-corrected chi connectivity index (χ0v) is 10.6. The van der Waals surface area contributed by atoms with Crippen LogP contribution in [-0.2, 0) is 10.0 Å². The van der Waals surface area contributed by atoms with E-state index in [0.717, 1.165) is 31.5 Å². The van der Waals surface area contributed by atoms with E-state index in [1.165, 1.54) is 0 Å². The summed E-state index contributed by atoms with van der Waals surface area (Å²) < 4.78 is 22.6. The predicted molar refractivity (Wildman–Crippen MR) is 68.0 cm³/mol. The molecule has 2 N–H and O–H groups in total. The van der Waals surface area contributed by atoms with Crippen LogP contribution >= 0.6 is 0 Å². The molecule has 1 aromatic rings. The Hall–Kier alpha value is -0.910. The monoisotopic (exact) mass is 254 g/mol. The second-order valence-electron chi connectivity index (χ2n) is 4.50. The Balaban J connectivity index is 2.23. The summed E-state index contributed by atoms with van der Waals surface area (Å²) in [6, 6.07) is 9.63. The summed E-state index contributed by atoms with van der Waals surface area (Å²) in [5.41, 5.74) is 1.03. The highest BCUT2D eigenvalue weighted by atomic mass is 32.2. The molecule has 1 aliphatic heterocycles. The third kappa shape index (κ3) is 3.52. The highest BCUT2D eigenvalue weighted by Gasteiger charge is 2.26. The van der Waals surface area contributed by atoms with Crippen LogP contribution in [0.2, 0.25) is 0 Å². The first-order valence-corrected chi connectivity index (χ1v) is 7.57. The number of sulfonamides is 1. The lowest BCUT2D eigenvalue weighted by Gasteiger charge is -2.27. The number of nitrogens with zero attached hydrogens (tertiary/aromatic N) is 1. The van der Waals surface area contributed by atoms with Crippen LogP contribution in [0.15, 0.2) is 30.3 Å². The van der Waals surface area contributed by atoms with Gasteiger partial charge in [-0.15, -0.1) is 0 Å². The first kappa shape index (κ1) is 12.5. The van der Waals surface area contributed by atoms with Crippen LogP contribution in [-0.4, -0.2) is 32.2 Å². The van der Waals surface area contributed by atoms with Gasteiger partial charge in [0.05, 0.1) is 11.8 Å². The second kappa shape index (κ2) is 5.16. The van der Waals surface area contributed by atoms with Crippen molar-refractivity contribution < 1.29 is 8.42 Å². The zero-order chi connectivity index (χ0) is 12.3. The number of rotatable bonds is 4. The Bertz CT molecular complexity index is 453. The van der Waals surface area contributed by atoms with Crippen LogP contribution in [0.1, 0.15) is 24.4 Å². The molecule has 0 bridgehead atoms. The molecule has 1 fully saturated rings. The van der Waals surface area contributed by atoms with Crippen molar-refractivity contribution in [2.45, 2.75) is 18.9 Å². The predicted octanol–water partition coefficient (Wildman–Crippen LogP) is 1.11. The molecule has 1 aliphatic rings. The van der Waals surface area contributed by atoms with E-state index in [1.54, 1.807) is 0 Å². The van der Waals surface area contributed by atoms with E-state index in [2.05, 4.69) is 4.90 Å². The fraction of sp³-hybridized carbons (Fsp3) is 0.500. The summed E-state index contributed by atoms with van der Waals surface area (Å²) in [4.78, 5) is 2.21. The van der Waals surface area contributed by atoms with E-state index < -0.39 is 10.0 Å². The molecule has 0 amide bonds. The van der Waals surface area contributed by atoms with Gasteiger partial charge < -0.3 is 0 Å². The van der Waals surface area contributed by atoms with E-state index in [1.807, 2.05) is 30.3 Å². The maximum absolute atomic E-state index is 11.3. The van der Waals surface area contributed by atoms with Gasteiger partial charge in [0.15, 0.2) is 0 Å². The largest absolute Gasteiger partial charge is 0.295 e. The maximum atomic E-state index is 11.3. The highest BCUT2D eigenvalue weighted by Crippen LogP contribution is 2.25. The Labute approximate surface area is 102 Å². The molecule has 1 atom stereocenters. The van der Waals surface area contributed by atoms with Crippen LogP contribution in [0.3, 0.4) is 0 Å². The summed E-state index contributed by atoms with van der Waals surface area (Å²) in [5.74, 6) is -0.00296. The van der Waals surface area contributed by atoms with Crippen LogP contribution in [0.5, 0.6) is 0 Å². The summed E-state index contributed by atoms with van der Waals surface area (Å²) in [7, 11) is -3.45. The number of benzene rings is 1. The van der Waals surface area contributed by atoms with E-state index in [0.29, 0.717) is 0 Å². The molecule has 94 valence electrons. The van der Waals surface area contributed by atoms with E-state index >= 15 is 0 Å². The number of hydrogen-bond donors (Lipinski definition) is 1. The molecule has 1 saturated heterocycles. The van der Waals surface area contributed by atoms with Crippen LogP contribution in [0, 0.1) is 0 Å². The summed E-state index contributed by atoms with van der Waals surface area (Å²) in [5, 5.41) is 5.19. The molecule has 1 aromatic carbocycles. The number of likely N-dealkylation sites (tertiary alicyclic amines) is 1. The van der Waals surface area contributed by atoms with Gasteiger partial charge in [0.1, 0.15) is 0 Å². The summed E-state index contributed by atoms with van der Waals surface area (Å²) in [6.45, 7) is 1.91. The minimum absolute atomic E-state index is 0.00296. The second-order valence-corrected chi connectivity index (χ2v) is 6.16. The van der Waals surface area contributed by atoms with Gasteiger partial charge in [-0.3, -0.25) is 4.90 Å². The fourth-order valence-corrected chi connectivity index (χ4v) is 3.20. The SMILES string of the molecule is NS(=O)(=O)CC(c1ccccc1)N1CCCC1. The normalized spacial score (nSPS) is 19.4. The van der Waals surface area contributed by atoms with Crippen molar-refractivity contribution in [1.82, 2.24) is 4.90 Å².